The second-order valence-corrected chi connectivity index (χ2v) is 7.35. The molecule has 3 heteroatoms. The molecule has 1 aromatic carbocycles. The molecule has 0 aromatic heterocycles. The lowest BCUT2D eigenvalue weighted by atomic mass is 9.70. The van der Waals surface area contributed by atoms with E-state index in [9.17, 15) is 9.59 Å². The summed E-state index contributed by atoms with van der Waals surface area (Å²) in [4.78, 5) is 25.5. The number of amides is 1. The van der Waals surface area contributed by atoms with Gasteiger partial charge in [0.25, 0.3) is 0 Å². The largest absolute Gasteiger partial charge is 0.325 e. The van der Waals surface area contributed by atoms with Crippen LogP contribution in [0.15, 0.2) is 18.2 Å². The zero-order chi connectivity index (χ0) is 15.4. The van der Waals surface area contributed by atoms with E-state index in [1.807, 2.05) is 45.9 Å². The highest BCUT2D eigenvalue weighted by molar-refractivity contribution is 6.15. The van der Waals surface area contributed by atoms with Crippen molar-refractivity contribution in [2.75, 3.05) is 5.32 Å². The van der Waals surface area contributed by atoms with Gasteiger partial charge in [0.2, 0.25) is 5.91 Å². The molecular formula is C18H23NO2. The zero-order valence-electron chi connectivity index (χ0n) is 13.2. The van der Waals surface area contributed by atoms with Crippen LogP contribution in [0.5, 0.6) is 0 Å². The van der Waals surface area contributed by atoms with E-state index in [1.54, 1.807) is 0 Å². The van der Waals surface area contributed by atoms with Crippen LogP contribution in [0.2, 0.25) is 0 Å². The van der Waals surface area contributed by atoms with Crippen molar-refractivity contribution in [2.45, 2.75) is 47.0 Å². The zero-order valence-corrected chi connectivity index (χ0v) is 13.2. The van der Waals surface area contributed by atoms with Gasteiger partial charge in [-0.2, -0.15) is 0 Å². The average Bonchev–Trinajstić information content (AvgIpc) is 2.93. The molecule has 1 N–H and O–H groups in total. The molecule has 1 aromatic rings. The van der Waals surface area contributed by atoms with E-state index in [-0.39, 0.29) is 17.1 Å². The molecule has 0 unspecified atom stereocenters. The molecule has 2 aliphatic carbocycles. The fourth-order valence-electron chi connectivity index (χ4n) is 4.17. The van der Waals surface area contributed by atoms with Gasteiger partial charge >= 0.3 is 0 Å². The monoisotopic (exact) mass is 285 g/mol. The summed E-state index contributed by atoms with van der Waals surface area (Å²) in [5, 5.41) is 3.01. The minimum absolute atomic E-state index is 0.104. The van der Waals surface area contributed by atoms with E-state index in [1.165, 1.54) is 5.56 Å². The SMILES string of the molecule is Cc1ccc(NC(=O)[C@@]23CC[C@@H](C2)C(C)(C)C3=O)c(C)c1. The molecule has 0 radical (unpaired) electrons. The molecule has 1 amide bonds. The Morgan fingerprint density at radius 3 is 2.57 bits per heavy atom. The molecule has 0 heterocycles. The Labute approximate surface area is 126 Å². The number of rotatable bonds is 2. The van der Waals surface area contributed by atoms with Gasteiger partial charge in [0, 0.05) is 11.1 Å². The Hall–Kier alpha value is -1.64. The molecule has 2 fully saturated rings. The number of hydrogen-bond donors (Lipinski definition) is 1. The first-order chi connectivity index (χ1) is 9.77. The van der Waals surface area contributed by atoms with Gasteiger partial charge in [-0.1, -0.05) is 31.5 Å². The van der Waals surface area contributed by atoms with Gasteiger partial charge in [-0.15, -0.1) is 0 Å². The summed E-state index contributed by atoms with van der Waals surface area (Å²) in [7, 11) is 0. The fraction of sp³-hybridized carbons (Fsp3) is 0.556. The third-order valence-electron chi connectivity index (χ3n) is 5.62. The summed E-state index contributed by atoms with van der Waals surface area (Å²) in [6.07, 6.45) is 2.41. The van der Waals surface area contributed by atoms with Crippen molar-refractivity contribution in [3.05, 3.63) is 29.3 Å². The number of benzene rings is 1. The van der Waals surface area contributed by atoms with Crippen LogP contribution in [0.3, 0.4) is 0 Å². The van der Waals surface area contributed by atoms with Crippen molar-refractivity contribution >= 4 is 17.4 Å². The van der Waals surface area contributed by atoms with Gasteiger partial charge < -0.3 is 5.32 Å². The number of fused-ring (bicyclic) bond motifs is 2. The van der Waals surface area contributed by atoms with E-state index in [2.05, 4.69) is 5.32 Å². The van der Waals surface area contributed by atoms with Crippen molar-refractivity contribution < 1.29 is 9.59 Å². The Balaban J connectivity index is 1.88. The van der Waals surface area contributed by atoms with Crippen LogP contribution in [-0.4, -0.2) is 11.7 Å². The average molecular weight is 285 g/mol. The third-order valence-corrected chi connectivity index (χ3v) is 5.62. The summed E-state index contributed by atoms with van der Waals surface area (Å²) in [5.74, 6) is 0.385. The van der Waals surface area contributed by atoms with E-state index < -0.39 is 5.41 Å². The van der Waals surface area contributed by atoms with Crippen molar-refractivity contribution in [1.29, 1.82) is 0 Å². The lowest BCUT2D eigenvalue weighted by molar-refractivity contribution is -0.142. The number of carbonyl (C=O) groups excluding carboxylic acids is 2. The Kier molecular flexibility index (Phi) is 3.01. The number of aryl methyl sites for hydroxylation is 2. The number of ketones is 1. The van der Waals surface area contributed by atoms with E-state index >= 15 is 0 Å². The molecule has 21 heavy (non-hydrogen) atoms. The topological polar surface area (TPSA) is 46.2 Å². The number of nitrogens with one attached hydrogen (secondary N) is 1. The summed E-state index contributed by atoms with van der Waals surface area (Å²) in [5.41, 5.74) is 1.89. The molecular weight excluding hydrogens is 262 g/mol. The summed E-state index contributed by atoms with van der Waals surface area (Å²) < 4.78 is 0. The quantitative estimate of drug-likeness (QED) is 0.843. The summed E-state index contributed by atoms with van der Waals surface area (Å²) in [6, 6.07) is 5.96. The highest BCUT2D eigenvalue weighted by Gasteiger charge is 2.65. The molecule has 2 aliphatic rings. The van der Waals surface area contributed by atoms with Crippen LogP contribution in [0, 0.1) is 30.6 Å². The van der Waals surface area contributed by atoms with E-state index in [4.69, 9.17) is 0 Å². The van der Waals surface area contributed by atoms with Crippen LogP contribution in [0.1, 0.15) is 44.2 Å². The molecule has 2 atom stereocenters. The lowest BCUT2D eigenvalue weighted by Crippen LogP contribution is -2.44. The van der Waals surface area contributed by atoms with E-state index in [0.29, 0.717) is 12.3 Å². The van der Waals surface area contributed by atoms with Crippen LogP contribution in [0.4, 0.5) is 5.69 Å². The predicted octanol–water partition coefficient (Wildman–Crippen LogP) is 3.64. The highest BCUT2D eigenvalue weighted by Crippen LogP contribution is 2.60. The van der Waals surface area contributed by atoms with Gasteiger partial charge in [-0.25, -0.2) is 0 Å². The Morgan fingerprint density at radius 2 is 2.00 bits per heavy atom. The van der Waals surface area contributed by atoms with Crippen molar-refractivity contribution in [1.82, 2.24) is 0 Å². The first-order valence-corrected chi connectivity index (χ1v) is 7.71. The predicted molar refractivity (Wildman–Crippen MR) is 83.1 cm³/mol. The number of anilines is 1. The van der Waals surface area contributed by atoms with Gasteiger partial charge in [0.05, 0.1) is 0 Å². The lowest BCUT2D eigenvalue weighted by Gasteiger charge is -2.32. The molecule has 2 saturated carbocycles. The normalized spacial score (nSPS) is 29.7. The third kappa shape index (κ3) is 1.94. The Morgan fingerprint density at radius 1 is 1.29 bits per heavy atom. The number of carbonyl (C=O) groups is 2. The first kappa shape index (κ1) is 14.3. The second-order valence-electron chi connectivity index (χ2n) is 7.35. The second kappa shape index (κ2) is 4.43. The highest BCUT2D eigenvalue weighted by atomic mass is 16.2. The maximum atomic E-state index is 12.8. The van der Waals surface area contributed by atoms with Crippen LogP contribution >= 0.6 is 0 Å². The number of Topliss-reactive ketones (excluding diaryl/α,β-unsaturated/α-hetero) is 1. The molecule has 0 spiro atoms. The molecule has 112 valence electrons. The first-order valence-electron chi connectivity index (χ1n) is 7.71. The maximum absolute atomic E-state index is 12.8. The van der Waals surface area contributed by atoms with Crippen LogP contribution < -0.4 is 5.32 Å². The van der Waals surface area contributed by atoms with Crippen LogP contribution in [-0.2, 0) is 9.59 Å². The Bertz CT molecular complexity index is 632. The summed E-state index contributed by atoms with van der Waals surface area (Å²) in [6.45, 7) is 8.00. The molecule has 3 rings (SSSR count). The van der Waals surface area contributed by atoms with Crippen molar-refractivity contribution in [2.24, 2.45) is 16.7 Å². The minimum atomic E-state index is -0.786. The molecule has 0 saturated heterocycles. The van der Waals surface area contributed by atoms with Gasteiger partial charge in [0.15, 0.2) is 5.78 Å². The minimum Gasteiger partial charge on any atom is -0.325 e. The number of hydrogen-bond acceptors (Lipinski definition) is 2. The van der Waals surface area contributed by atoms with Gasteiger partial charge in [-0.3, -0.25) is 9.59 Å². The molecule has 0 aliphatic heterocycles. The summed E-state index contributed by atoms with van der Waals surface area (Å²) >= 11 is 0. The van der Waals surface area contributed by atoms with Crippen molar-refractivity contribution in [3.8, 4) is 0 Å². The standard InChI is InChI=1S/C18H23NO2/c1-11-5-6-14(12(2)9-11)19-16(21)18-8-7-13(10-18)17(3,4)15(18)20/h5-6,9,13H,7-8,10H2,1-4H3,(H,19,21)/t13-,18-/m0/s1. The van der Waals surface area contributed by atoms with E-state index in [0.717, 1.165) is 24.1 Å². The fourth-order valence-corrected chi connectivity index (χ4v) is 4.17. The van der Waals surface area contributed by atoms with Crippen molar-refractivity contribution in [3.63, 3.8) is 0 Å². The molecule has 3 nitrogen and oxygen atoms in total. The smallest absolute Gasteiger partial charge is 0.238 e. The van der Waals surface area contributed by atoms with Gasteiger partial charge in [0.1, 0.15) is 5.41 Å². The van der Waals surface area contributed by atoms with Crippen LogP contribution in [0.25, 0.3) is 0 Å². The van der Waals surface area contributed by atoms with Gasteiger partial charge in [-0.05, 0) is 50.7 Å². The molecule has 2 bridgehead atoms. The maximum Gasteiger partial charge on any atom is 0.238 e.